The van der Waals surface area contributed by atoms with Gasteiger partial charge in [0.25, 0.3) is 5.91 Å². The van der Waals surface area contributed by atoms with Crippen molar-refractivity contribution in [2.24, 2.45) is 0 Å². The Morgan fingerprint density at radius 2 is 1.91 bits per heavy atom. The van der Waals surface area contributed by atoms with E-state index in [1.165, 1.54) is 6.92 Å². The van der Waals surface area contributed by atoms with Gasteiger partial charge in [-0.1, -0.05) is 6.07 Å². The first kappa shape index (κ1) is 22.9. The number of carbonyl (C=O) groups excluding carboxylic acids is 2. The van der Waals surface area contributed by atoms with E-state index in [0.717, 1.165) is 53.8 Å². The van der Waals surface area contributed by atoms with Crippen molar-refractivity contribution < 1.29 is 9.59 Å². The predicted octanol–water partition coefficient (Wildman–Crippen LogP) is 3.51. The molecule has 9 nitrogen and oxygen atoms in total. The molecule has 1 amide bonds. The van der Waals surface area contributed by atoms with E-state index in [4.69, 9.17) is 0 Å². The fourth-order valence-corrected chi connectivity index (χ4v) is 4.22. The van der Waals surface area contributed by atoms with Crippen LogP contribution in [0, 0.1) is 0 Å². The molecule has 0 aliphatic carbocycles. The standard InChI is InChI=1S/C26H29N7O2/c1-16(34)26(2,3)32-25(35)22-6-4-5-21(30-22)18-11-17-12-23(31-24(17)28-13-18)19-14-29-33(15-19)20-7-9-27-10-8-20/h4-6,11-15,20,27H,7-10H2,1-3H3,(H,28,31)(H,32,35). The summed E-state index contributed by atoms with van der Waals surface area (Å²) < 4.78 is 2.06. The second-order valence-electron chi connectivity index (χ2n) is 9.58. The molecule has 0 atom stereocenters. The van der Waals surface area contributed by atoms with Gasteiger partial charge in [0.05, 0.1) is 29.2 Å². The Labute approximate surface area is 203 Å². The lowest BCUT2D eigenvalue weighted by Gasteiger charge is -2.22. The van der Waals surface area contributed by atoms with Gasteiger partial charge in [-0.3, -0.25) is 14.3 Å². The molecule has 5 heterocycles. The maximum Gasteiger partial charge on any atom is 0.270 e. The van der Waals surface area contributed by atoms with Crippen LogP contribution in [0.5, 0.6) is 0 Å². The smallest absolute Gasteiger partial charge is 0.270 e. The summed E-state index contributed by atoms with van der Waals surface area (Å²) in [6.45, 7) is 6.84. The number of Topliss-reactive ketones (excluding diaryl/α,β-unsaturated/α-hetero) is 1. The molecule has 3 N–H and O–H groups in total. The van der Waals surface area contributed by atoms with Crippen LogP contribution in [-0.4, -0.2) is 55.1 Å². The molecule has 1 aliphatic heterocycles. The highest BCUT2D eigenvalue weighted by Gasteiger charge is 2.26. The zero-order chi connectivity index (χ0) is 24.6. The number of rotatable bonds is 6. The lowest BCUT2D eigenvalue weighted by molar-refractivity contribution is -0.121. The van der Waals surface area contributed by atoms with Crippen LogP contribution in [0.4, 0.5) is 0 Å². The van der Waals surface area contributed by atoms with E-state index in [9.17, 15) is 9.59 Å². The van der Waals surface area contributed by atoms with E-state index in [0.29, 0.717) is 11.7 Å². The van der Waals surface area contributed by atoms with Crippen molar-refractivity contribution in [3.63, 3.8) is 0 Å². The quantitative estimate of drug-likeness (QED) is 0.396. The highest BCUT2D eigenvalue weighted by atomic mass is 16.2. The Bertz CT molecular complexity index is 1400. The summed E-state index contributed by atoms with van der Waals surface area (Å²) in [5, 5.41) is 11.7. The van der Waals surface area contributed by atoms with Crippen LogP contribution in [-0.2, 0) is 4.79 Å². The molecule has 0 aromatic carbocycles. The third kappa shape index (κ3) is 4.72. The normalized spacial score (nSPS) is 14.8. The first-order valence-corrected chi connectivity index (χ1v) is 11.9. The van der Waals surface area contributed by atoms with Gasteiger partial charge in [0.2, 0.25) is 0 Å². The molecule has 4 aromatic heterocycles. The summed E-state index contributed by atoms with van der Waals surface area (Å²) in [4.78, 5) is 36.9. The molecule has 0 radical (unpaired) electrons. The number of carbonyl (C=O) groups is 2. The fourth-order valence-electron chi connectivity index (χ4n) is 4.22. The average Bonchev–Trinajstić information content (AvgIpc) is 3.51. The number of nitrogens with zero attached hydrogens (tertiary/aromatic N) is 4. The predicted molar refractivity (Wildman–Crippen MR) is 134 cm³/mol. The van der Waals surface area contributed by atoms with Gasteiger partial charge in [-0.25, -0.2) is 9.97 Å². The molecular weight excluding hydrogens is 442 g/mol. The van der Waals surface area contributed by atoms with Gasteiger partial charge in [0.1, 0.15) is 11.3 Å². The number of aromatic amines is 1. The molecule has 1 aliphatic rings. The highest BCUT2D eigenvalue weighted by Crippen LogP contribution is 2.28. The van der Waals surface area contributed by atoms with Gasteiger partial charge < -0.3 is 15.6 Å². The highest BCUT2D eigenvalue weighted by molar-refractivity contribution is 5.98. The first-order valence-electron chi connectivity index (χ1n) is 11.9. The number of H-pyrrole nitrogens is 1. The number of amides is 1. The topological polar surface area (TPSA) is 118 Å². The molecule has 35 heavy (non-hydrogen) atoms. The zero-order valence-corrected chi connectivity index (χ0v) is 20.1. The third-order valence-corrected chi connectivity index (χ3v) is 6.65. The van der Waals surface area contributed by atoms with Crippen LogP contribution in [0.3, 0.4) is 0 Å². The van der Waals surface area contributed by atoms with Crippen LogP contribution >= 0.6 is 0 Å². The van der Waals surface area contributed by atoms with E-state index in [1.54, 1.807) is 32.2 Å². The second-order valence-corrected chi connectivity index (χ2v) is 9.58. The van der Waals surface area contributed by atoms with Crippen molar-refractivity contribution in [1.29, 1.82) is 0 Å². The molecule has 1 fully saturated rings. The Kier molecular flexibility index (Phi) is 5.94. The molecule has 5 rings (SSSR count). The monoisotopic (exact) mass is 471 g/mol. The summed E-state index contributed by atoms with van der Waals surface area (Å²) in [6, 6.07) is 9.74. The Morgan fingerprint density at radius 3 is 2.69 bits per heavy atom. The largest absolute Gasteiger partial charge is 0.339 e. The van der Waals surface area contributed by atoms with Crippen molar-refractivity contribution in [2.75, 3.05) is 13.1 Å². The van der Waals surface area contributed by atoms with Gasteiger partial charge in [-0.2, -0.15) is 5.10 Å². The zero-order valence-electron chi connectivity index (χ0n) is 20.1. The van der Waals surface area contributed by atoms with E-state index in [-0.39, 0.29) is 11.5 Å². The van der Waals surface area contributed by atoms with Crippen molar-refractivity contribution in [3.05, 3.63) is 54.6 Å². The number of pyridine rings is 2. The van der Waals surface area contributed by atoms with Crippen LogP contribution in [0.2, 0.25) is 0 Å². The average molecular weight is 472 g/mol. The van der Waals surface area contributed by atoms with Gasteiger partial charge in [0, 0.05) is 28.9 Å². The second kappa shape index (κ2) is 9.07. The minimum atomic E-state index is -0.960. The number of aromatic nitrogens is 5. The van der Waals surface area contributed by atoms with Crippen molar-refractivity contribution >= 4 is 22.7 Å². The van der Waals surface area contributed by atoms with Crippen LogP contribution in [0.25, 0.3) is 33.5 Å². The van der Waals surface area contributed by atoms with Crippen LogP contribution < -0.4 is 10.6 Å². The Morgan fingerprint density at radius 1 is 1.11 bits per heavy atom. The van der Waals surface area contributed by atoms with Crippen molar-refractivity contribution in [3.8, 4) is 22.5 Å². The first-order chi connectivity index (χ1) is 16.8. The molecule has 0 spiro atoms. The summed E-state index contributed by atoms with van der Waals surface area (Å²) >= 11 is 0. The lowest BCUT2D eigenvalue weighted by atomic mass is 10.0. The minimum absolute atomic E-state index is 0.124. The summed E-state index contributed by atoms with van der Waals surface area (Å²) in [5.41, 5.74) is 3.47. The summed E-state index contributed by atoms with van der Waals surface area (Å²) in [6.07, 6.45) is 7.88. The number of nitrogens with one attached hydrogen (secondary N) is 3. The molecular formula is C26H29N7O2. The molecule has 9 heteroatoms. The number of hydrogen-bond donors (Lipinski definition) is 3. The third-order valence-electron chi connectivity index (χ3n) is 6.65. The van der Waals surface area contributed by atoms with E-state index >= 15 is 0 Å². The Balaban J connectivity index is 1.39. The summed E-state index contributed by atoms with van der Waals surface area (Å²) in [5.74, 6) is -0.517. The van der Waals surface area contributed by atoms with Gasteiger partial charge in [-0.15, -0.1) is 0 Å². The van der Waals surface area contributed by atoms with Crippen molar-refractivity contribution in [1.82, 2.24) is 35.4 Å². The molecule has 180 valence electrons. The number of fused-ring (bicyclic) bond motifs is 1. The van der Waals surface area contributed by atoms with Gasteiger partial charge in [0.15, 0.2) is 5.78 Å². The van der Waals surface area contributed by atoms with E-state index < -0.39 is 11.4 Å². The summed E-state index contributed by atoms with van der Waals surface area (Å²) in [7, 11) is 0. The van der Waals surface area contributed by atoms with Crippen molar-refractivity contribution in [2.45, 2.75) is 45.2 Å². The number of piperidine rings is 1. The van der Waals surface area contributed by atoms with Crippen LogP contribution in [0.15, 0.2) is 48.9 Å². The molecule has 0 bridgehead atoms. The van der Waals surface area contributed by atoms with E-state index in [2.05, 4.69) is 47.6 Å². The van der Waals surface area contributed by atoms with Gasteiger partial charge in [-0.05, 0) is 71.0 Å². The maximum atomic E-state index is 12.7. The lowest BCUT2D eigenvalue weighted by Crippen LogP contribution is -2.48. The maximum absolute atomic E-state index is 12.7. The minimum Gasteiger partial charge on any atom is -0.339 e. The number of hydrogen-bond acceptors (Lipinski definition) is 6. The SMILES string of the molecule is CC(=O)C(C)(C)NC(=O)c1cccc(-c2cnc3[nH]c(-c4cnn(C5CCNCC5)c4)cc3c2)n1. The Hall–Kier alpha value is -3.85. The van der Waals surface area contributed by atoms with Crippen LogP contribution in [0.1, 0.15) is 50.1 Å². The number of ketones is 1. The van der Waals surface area contributed by atoms with E-state index in [1.807, 2.05) is 18.3 Å². The fraction of sp³-hybridized carbons (Fsp3) is 0.346. The molecule has 4 aromatic rings. The molecule has 0 unspecified atom stereocenters. The van der Waals surface area contributed by atoms with Gasteiger partial charge >= 0.3 is 0 Å². The molecule has 0 saturated carbocycles. The molecule has 1 saturated heterocycles.